The fourth-order valence-corrected chi connectivity index (χ4v) is 2.59. The van der Waals surface area contributed by atoms with Gasteiger partial charge in [-0.05, 0) is 48.6 Å². The molecule has 2 rings (SSSR count). The van der Waals surface area contributed by atoms with Crippen molar-refractivity contribution in [2.45, 2.75) is 12.7 Å². The average Bonchev–Trinajstić information content (AvgIpc) is 2.65. The highest BCUT2D eigenvalue weighted by molar-refractivity contribution is 7.80. The minimum absolute atomic E-state index is 0.256. The van der Waals surface area contributed by atoms with Crippen molar-refractivity contribution in [3.8, 4) is 17.2 Å². The van der Waals surface area contributed by atoms with Crippen LogP contribution in [0.25, 0.3) is 0 Å². The van der Waals surface area contributed by atoms with Crippen LogP contribution in [-0.4, -0.2) is 26.4 Å². The molecule has 0 bridgehead atoms. The van der Waals surface area contributed by atoms with E-state index >= 15 is 0 Å². The standard InChI is InChI=1S/C18H19F3N2O3S/c1-24-14-9-4-11(15(25-2)16(14)26-3)10-22-17(27)23-13-7-5-12(6-8-13)18(19,20)21/h4-9H,10H2,1-3H3,(H2,22,23,27). The normalized spacial score (nSPS) is 10.9. The molecule has 0 aliphatic carbocycles. The number of hydrogen-bond acceptors (Lipinski definition) is 4. The molecule has 0 radical (unpaired) electrons. The van der Waals surface area contributed by atoms with Crippen LogP contribution in [0.3, 0.4) is 0 Å². The van der Waals surface area contributed by atoms with E-state index in [4.69, 9.17) is 26.4 Å². The summed E-state index contributed by atoms with van der Waals surface area (Å²) in [5, 5.41) is 6.07. The number of nitrogens with one attached hydrogen (secondary N) is 2. The van der Waals surface area contributed by atoms with Crippen molar-refractivity contribution in [2.75, 3.05) is 26.6 Å². The Kier molecular flexibility index (Phi) is 6.73. The molecule has 0 saturated carbocycles. The van der Waals surface area contributed by atoms with E-state index in [2.05, 4.69) is 10.6 Å². The van der Waals surface area contributed by atoms with Gasteiger partial charge in [-0.25, -0.2) is 0 Å². The lowest BCUT2D eigenvalue weighted by Crippen LogP contribution is -2.28. The smallest absolute Gasteiger partial charge is 0.416 e. The molecule has 0 unspecified atom stereocenters. The second-order valence-corrected chi connectivity index (χ2v) is 5.78. The summed E-state index contributed by atoms with van der Waals surface area (Å²) in [7, 11) is 4.55. The highest BCUT2D eigenvalue weighted by Crippen LogP contribution is 2.39. The van der Waals surface area contributed by atoms with Crippen molar-refractivity contribution < 1.29 is 27.4 Å². The second-order valence-electron chi connectivity index (χ2n) is 5.38. The Morgan fingerprint density at radius 3 is 2.07 bits per heavy atom. The third kappa shape index (κ3) is 5.16. The van der Waals surface area contributed by atoms with Crippen molar-refractivity contribution in [2.24, 2.45) is 0 Å². The number of ether oxygens (including phenoxy) is 3. The van der Waals surface area contributed by atoms with Crippen LogP contribution in [0.5, 0.6) is 17.2 Å². The fraction of sp³-hybridized carbons (Fsp3) is 0.278. The molecule has 0 fully saturated rings. The largest absolute Gasteiger partial charge is 0.493 e. The quantitative estimate of drug-likeness (QED) is 0.709. The molecule has 0 aromatic heterocycles. The first-order valence-corrected chi connectivity index (χ1v) is 8.21. The molecule has 9 heteroatoms. The third-order valence-corrected chi connectivity index (χ3v) is 3.94. The first kappa shape index (κ1) is 20.6. The van der Waals surface area contributed by atoms with Gasteiger partial charge in [-0.3, -0.25) is 0 Å². The number of anilines is 1. The van der Waals surface area contributed by atoms with Crippen LogP contribution < -0.4 is 24.8 Å². The summed E-state index contributed by atoms with van der Waals surface area (Å²) in [4.78, 5) is 0. The van der Waals surface area contributed by atoms with E-state index in [9.17, 15) is 13.2 Å². The van der Waals surface area contributed by atoms with Gasteiger partial charge >= 0.3 is 6.18 Å². The Balaban J connectivity index is 2.03. The van der Waals surface area contributed by atoms with Crippen molar-refractivity contribution >= 4 is 23.0 Å². The van der Waals surface area contributed by atoms with Crippen LogP contribution in [-0.2, 0) is 12.7 Å². The van der Waals surface area contributed by atoms with E-state index in [0.29, 0.717) is 29.5 Å². The zero-order valence-electron chi connectivity index (χ0n) is 14.9. The lowest BCUT2D eigenvalue weighted by molar-refractivity contribution is -0.137. The molecule has 2 N–H and O–H groups in total. The van der Waals surface area contributed by atoms with Gasteiger partial charge in [-0.2, -0.15) is 13.2 Å². The van der Waals surface area contributed by atoms with E-state index in [1.54, 1.807) is 12.1 Å². The van der Waals surface area contributed by atoms with Crippen LogP contribution in [0.2, 0.25) is 0 Å². The van der Waals surface area contributed by atoms with Gasteiger partial charge < -0.3 is 24.8 Å². The summed E-state index contributed by atoms with van der Waals surface area (Å²) in [6, 6.07) is 8.14. The van der Waals surface area contributed by atoms with Gasteiger partial charge in [-0.15, -0.1) is 0 Å². The summed E-state index contributed by atoms with van der Waals surface area (Å²) in [5.74, 6) is 1.49. The summed E-state index contributed by atoms with van der Waals surface area (Å²) in [6.07, 6.45) is -4.37. The van der Waals surface area contributed by atoms with E-state index < -0.39 is 11.7 Å². The van der Waals surface area contributed by atoms with Gasteiger partial charge in [0.15, 0.2) is 16.6 Å². The molecule has 27 heavy (non-hydrogen) atoms. The first-order chi connectivity index (χ1) is 12.8. The number of benzene rings is 2. The lowest BCUT2D eigenvalue weighted by Gasteiger charge is -2.17. The number of alkyl halides is 3. The lowest BCUT2D eigenvalue weighted by atomic mass is 10.1. The highest BCUT2D eigenvalue weighted by atomic mass is 32.1. The highest BCUT2D eigenvalue weighted by Gasteiger charge is 2.29. The molecule has 0 spiro atoms. The monoisotopic (exact) mass is 400 g/mol. The molecule has 0 saturated heterocycles. The number of methoxy groups -OCH3 is 3. The first-order valence-electron chi connectivity index (χ1n) is 7.80. The fourth-order valence-electron chi connectivity index (χ4n) is 2.40. The SMILES string of the molecule is COc1ccc(CNC(=S)Nc2ccc(C(F)(F)F)cc2)c(OC)c1OC. The van der Waals surface area contributed by atoms with Crippen LogP contribution in [0.1, 0.15) is 11.1 Å². The van der Waals surface area contributed by atoms with Gasteiger partial charge in [0.1, 0.15) is 0 Å². The molecular weight excluding hydrogens is 381 g/mol. The molecule has 2 aromatic rings. The summed E-state index contributed by atoms with van der Waals surface area (Å²) in [6.45, 7) is 0.315. The van der Waals surface area contributed by atoms with E-state index in [-0.39, 0.29) is 5.11 Å². The zero-order valence-corrected chi connectivity index (χ0v) is 15.8. The van der Waals surface area contributed by atoms with E-state index in [1.165, 1.54) is 33.5 Å². The average molecular weight is 400 g/mol. The van der Waals surface area contributed by atoms with Crippen molar-refractivity contribution in [1.82, 2.24) is 5.32 Å². The molecule has 5 nitrogen and oxygen atoms in total. The molecule has 0 amide bonds. The van der Waals surface area contributed by atoms with Gasteiger partial charge in [0.25, 0.3) is 0 Å². The summed E-state index contributed by atoms with van der Waals surface area (Å²) < 4.78 is 53.7. The number of rotatable bonds is 6. The predicted octanol–water partition coefficient (Wildman–Crippen LogP) is 4.22. The Morgan fingerprint density at radius 1 is 0.926 bits per heavy atom. The minimum Gasteiger partial charge on any atom is -0.493 e. The van der Waals surface area contributed by atoms with Crippen molar-refractivity contribution in [3.63, 3.8) is 0 Å². The number of halogens is 3. The zero-order chi connectivity index (χ0) is 20.0. The number of thiocarbonyl (C=S) groups is 1. The summed E-state index contributed by atoms with van der Waals surface area (Å²) in [5.41, 5.74) is 0.494. The topological polar surface area (TPSA) is 51.8 Å². The van der Waals surface area contributed by atoms with Gasteiger partial charge in [-0.1, -0.05) is 0 Å². The molecule has 0 aliphatic rings. The predicted molar refractivity (Wildman–Crippen MR) is 101 cm³/mol. The van der Waals surface area contributed by atoms with Gasteiger partial charge in [0, 0.05) is 17.8 Å². The Bertz CT molecular complexity index is 796. The molecular formula is C18H19F3N2O3S. The van der Waals surface area contributed by atoms with E-state index in [1.807, 2.05) is 0 Å². The van der Waals surface area contributed by atoms with Crippen LogP contribution >= 0.6 is 12.2 Å². The summed E-state index contributed by atoms with van der Waals surface area (Å²) >= 11 is 5.19. The minimum atomic E-state index is -4.37. The Labute approximate surface area is 160 Å². The van der Waals surface area contributed by atoms with Crippen molar-refractivity contribution in [3.05, 3.63) is 47.5 Å². The maximum atomic E-state index is 12.6. The molecule has 2 aromatic carbocycles. The maximum Gasteiger partial charge on any atom is 0.416 e. The van der Waals surface area contributed by atoms with Crippen LogP contribution in [0, 0.1) is 0 Å². The van der Waals surface area contributed by atoms with Crippen LogP contribution in [0.4, 0.5) is 18.9 Å². The van der Waals surface area contributed by atoms with Crippen LogP contribution in [0.15, 0.2) is 36.4 Å². The number of hydrogen-bond donors (Lipinski definition) is 2. The molecule has 146 valence electrons. The second kappa shape index (κ2) is 8.81. The van der Waals surface area contributed by atoms with E-state index in [0.717, 1.165) is 17.7 Å². The molecule has 0 heterocycles. The Hall–Kier alpha value is -2.68. The maximum absolute atomic E-state index is 12.6. The molecule has 0 atom stereocenters. The molecule has 0 aliphatic heterocycles. The third-order valence-electron chi connectivity index (χ3n) is 3.70. The van der Waals surface area contributed by atoms with Gasteiger partial charge in [0.05, 0.1) is 26.9 Å². The van der Waals surface area contributed by atoms with Gasteiger partial charge in [0.2, 0.25) is 5.75 Å². The van der Waals surface area contributed by atoms with Crippen molar-refractivity contribution in [1.29, 1.82) is 0 Å². The Morgan fingerprint density at radius 2 is 1.56 bits per heavy atom.